The summed E-state index contributed by atoms with van der Waals surface area (Å²) >= 11 is 3.38. The Morgan fingerprint density at radius 3 is 2.75 bits per heavy atom. The fourth-order valence-corrected chi connectivity index (χ4v) is 2.52. The zero-order valence-electron chi connectivity index (χ0n) is 11.4. The van der Waals surface area contributed by atoms with Crippen LogP contribution in [0, 0.1) is 12.7 Å². The van der Waals surface area contributed by atoms with Crippen molar-refractivity contribution in [3.05, 3.63) is 57.1 Å². The lowest BCUT2D eigenvalue weighted by molar-refractivity contribution is 0.176. The predicted molar refractivity (Wildman–Crippen MR) is 78.9 cm³/mol. The van der Waals surface area contributed by atoms with Crippen LogP contribution in [0.15, 0.2) is 28.7 Å². The molecule has 1 heterocycles. The number of aliphatic hydroxyl groups is 1. The van der Waals surface area contributed by atoms with Crippen molar-refractivity contribution in [2.45, 2.75) is 32.8 Å². The van der Waals surface area contributed by atoms with Crippen molar-refractivity contribution in [3.63, 3.8) is 0 Å². The highest BCUT2D eigenvalue weighted by molar-refractivity contribution is 9.10. The standard InChI is InChI=1S/C15H16BrFN2O/c1-3-14-12(6-9(2)18-19-14)15(20)8-10-7-11(17)4-5-13(10)16/h4-7,15,20H,3,8H2,1-2H3. The lowest BCUT2D eigenvalue weighted by Gasteiger charge is -2.15. The van der Waals surface area contributed by atoms with Gasteiger partial charge in [0.2, 0.25) is 0 Å². The van der Waals surface area contributed by atoms with Gasteiger partial charge in [-0.1, -0.05) is 22.9 Å². The maximum atomic E-state index is 13.3. The minimum Gasteiger partial charge on any atom is -0.388 e. The summed E-state index contributed by atoms with van der Waals surface area (Å²) in [6.07, 6.45) is 0.303. The van der Waals surface area contributed by atoms with Crippen molar-refractivity contribution >= 4 is 15.9 Å². The number of hydrogen-bond donors (Lipinski definition) is 1. The summed E-state index contributed by atoms with van der Waals surface area (Å²) in [5.41, 5.74) is 3.02. The van der Waals surface area contributed by atoms with E-state index >= 15 is 0 Å². The van der Waals surface area contributed by atoms with Gasteiger partial charge in [-0.3, -0.25) is 0 Å². The minimum atomic E-state index is -0.725. The van der Waals surface area contributed by atoms with Gasteiger partial charge in [0.05, 0.1) is 17.5 Å². The highest BCUT2D eigenvalue weighted by Gasteiger charge is 2.16. The van der Waals surface area contributed by atoms with E-state index in [0.717, 1.165) is 27.0 Å². The number of rotatable bonds is 4. The van der Waals surface area contributed by atoms with Gasteiger partial charge in [-0.25, -0.2) is 4.39 Å². The number of aromatic nitrogens is 2. The van der Waals surface area contributed by atoms with Crippen LogP contribution in [0.3, 0.4) is 0 Å². The second-order valence-corrected chi connectivity index (χ2v) is 5.55. The van der Waals surface area contributed by atoms with Gasteiger partial charge in [0.15, 0.2) is 0 Å². The molecule has 0 fully saturated rings. The number of benzene rings is 1. The molecule has 1 aromatic carbocycles. The Balaban J connectivity index is 2.30. The molecule has 1 atom stereocenters. The van der Waals surface area contributed by atoms with Gasteiger partial charge >= 0.3 is 0 Å². The fraction of sp³-hybridized carbons (Fsp3) is 0.333. The minimum absolute atomic E-state index is 0.310. The Morgan fingerprint density at radius 1 is 1.30 bits per heavy atom. The summed E-state index contributed by atoms with van der Waals surface area (Å²) in [6.45, 7) is 3.80. The highest BCUT2D eigenvalue weighted by Crippen LogP contribution is 2.26. The van der Waals surface area contributed by atoms with E-state index in [-0.39, 0.29) is 5.82 Å². The molecule has 0 aliphatic carbocycles. The van der Waals surface area contributed by atoms with E-state index in [2.05, 4.69) is 26.1 Å². The molecule has 20 heavy (non-hydrogen) atoms. The smallest absolute Gasteiger partial charge is 0.123 e. The predicted octanol–water partition coefficient (Wildman–Crippen LogP) is 3.53. The molecule has 0 bridgehead atoms. The average molecular weight is 339 g/mol. The summed E-state index contributed by atoms with van der Waals surface area (Å²) in [6, 6.07) is 6.30. The molecule has 0 aliphatic rings. The van der Waals surface area contributed by atoms with Gasteiger partial charge < -0.3 is 5.11 Å². The molecule has 2 rings (SSSR count). The van der Waals surface area contributed by atoms with Crippen LogP contribution in [0.25, 0.3) is 0 Å². The molecule has 0 spiro atoms. The first-order valence-corrected chi connectivity index (χ1v) is 7.25. The molecule has 1 aromatic heterocycles. The van der Waals surface area contributed by atoms with Gasteiger partial charge in [0.25, 0.3) is 0 Å². The second kappa shape index (κ2) is 6.41. The quantitative estimate of drug-likeness (QED) is 0.927. The average Bonchev–Trinajstić information content (AvgIpc) is 2.42. The van der Waals surface area contributed by atoms with Crippen molar-refractivity contribution in [2.24, 2.45) is 0 Å². The monoisotopic (exact) mass is 338 g/mol. The first kappa shape index (κ1) is 15.1. The Kier molecular flexibility index (Phi) is 4.83. The normalized spacial score (nSPS) is 12.4. The molecule has 3 nitrogen and oxygen atoms in total. The van der Waals surface area contributed by atoms with Crippen LogP contribution < -0.4 is 0 Å². The summed E-state index contributed by atoms with van der Waals surface area (Å²) in [7, 11) is 0. The van der Waals surface area contributed by atoms with E-state index in [1.54, 1.807) is 6.07 Å². The van der Waals surface area contributed by atoms with E-state index in [9.17, 15) is 9.50 Å². The molecule has 0 aliphatic heterocycles. The van der Waals surface area contributed by atoms with Crippen LogP contribution in [0.4, 0.5) is 4.39 Å². The lowest BCUT2D eigenvalue weighted by atomic mass is 9.99. The summed E-state index contributed by atoms with van der Waals surface area (Å²) in [4.78, 5) is 0. The molecule has 0 saturated heterocycles. The third-order valence-electron chi connectivity index (χ3n) is 3.14. The Hall–Kier alpha value is -1.33. The van der Waals surface area contributed by atoms with Crippen molar-refractivity contribution in [3.8, 4) is 0 Å². The molecular formula is C15H16BrFN2O. The van der Waals surface area contributed by atoms with E-state index in [1.807, 2.05) is 19.9 Å². The Bertz CT molecular complexity index is 619. The first-order valence-electron chi connectivity index (χ1n) is 6.46. The number of aryl methyl sites for hydroxylation is 2. The van der Waals surface area contributed by atoms with Gasteiger partial charge in [0, 0.05) is 16.5 Å². The maximum absolute atomic E-state index is 13.3. The first-order chi connectivity index (χ1) is 9.51. The summed E-state index contributed by atoms with van der Waals surface area (Å²) in [5.74, 6) is -0.310. The Labute approximate surface area is 126 Å². The molecule has 1 unspecified atom stereocenters. The highest BCUT2D eigenvalue weighted by atomic mass is 79.9. The van der Waals surface area contributed by atoms with Gasteiger partial charge in [-0.05, 0) is 43.2 Å². The molecule has 0 radical (unpaired) electrons. The Morgan fingerprint density at radius 2 is 2.05 bits per heavy atom. The molecular weight excluding hydrogens is 323 g/mol. The van der Waals surface area contributed by atoms with Crippen molar-refractivity contribution in [1.29, 1.82) is 0 Å². The van der Waals surface area contributed by atoms with Crippen molar-refractivity contribution in [1.82, 2.24) is 10.2 Å². The zero-order valence-corrected chi connectivity index (χ0v) is 13.0. The van der Waals surface area contributed by atoms with E-state index in [4.69, 9.17) is 0 Å². The molecule has 2 aromatic rings. The van der Waals surface area contributed by atoms with E-state index < -0.39 is 6.10 Å². The number of halogens is 2. The molecule has 1 N–H and O–H groups in total. The fourth-order valence-electron chi connectivity index (χ4n) is 2.12. The van der Waals surface area contributed by atoms with Crippen LogP contribution in [-0.4, -0.2) is 15.3 Å². The van der Waals surface area contributed by atoms with Crippen LogP contribution in [0.2, 0.25) is 0 Å². The van der Waals surface area contributed by atoms with Gasteiger partial charge in [0.1, 0.15) is 5.82 Å². The molecule has 0 saturated carbocycles. The van der Waals surface area contributed by atoms with E-state index in [0.29, 0.717) is 12.8 Å². The lowest BCUT2D eigenvalue weighted by Crippen LogP contribution is -2.09. The summed E-state index contributed by atoms with van der Waals surface area (Å²) < 4.78 is 14.1. The van der Waals surface area contributed by atoms with Crippen LogP contribution in [-0.2, 0) is 12.8 Å². The number of nitrogens with zero attached hydrogens (tertiary/aromatic N) is 2. The molecule has 0 amide bonds. The number of hydrogen-bond acceptors (Lipinski definition) is 3. The van der Waals surface area contributed by atoms with Crippen molar-refractivity contribution in [2.75, 3.05) is 0 Å². The third-order valence-corrected chi connectivity index (χ3v) is 3.91. The topological polar surface area (TPSA) is 46.0 Å². The maximum Gasteiger partial charge on any atom is 0.123 e. The largest absolute Gasteiger partial charge is 0.388 e. The van der Waals surface area contributed by atoms with Crippen LogP contribution >= 0.6 is 15.9 Å². The SMILES string of the molecule is CCc1nnc(C)cc1C(O)Cc1cc(F)ccc1Br. The van der Waals surface area contributed by atoms with Gasteiger partial charge in [-0.15, -0.1) is 0 Å². The zero-order chi connectivity index (χ0) is 14.7. The molecule has 106 valence electrons. The third kappa shape index (κ3) is 3.41. The van der Waals surface area contributed by atoms with Crippen LogP contribution in [0.1, 0.15) is 35.5 Å². The molecule has 5 heteroatoms. The number of aliphatic hydroxyl groups excluding tert-OH is 1. The van der Waals surface area contributed by atoms with Crippen LogP contribution in [0.5, 0.6) is 0 Å². The van der Waals surface area contributed by atoms with Gasteiger partial charge in [-0.2, -0.15) is 10.2 Å². The second-order valence-electron chi connectivity index (χ2n) is 4.70. The summed E-state index contributed by atoms with van der Waals surface area (Å²) in [5, 5.41) is 18.5. The van der Waals surface area contributed by atoms with E-state index in [1.165, 1.54) is 12.1 Å². The van der Waals surface area contributed by atoms with Crippen molar-refractivity contribution < 1.29 is 9.50 Å².